The summed E-state index contributed by atoms with van der Waals surface area (Å²) >= 11 is 0. The van der Waals surface area contributed by atoms with E-state index in [1.165, 1.54) is 0 Å². The second-order valence-corrected chi connectivity index (χ2v) is 8.77. The SMILES string of the molecule is C[C@@H]1[C@@H](O)[C@@H](C)C[C@@H](C)C(=O)[C@H](C)[C@@H](O)[C@@H](C)[C@@H](CCO)OC(=O)[C@H](C)[C@H]1O. The van der Waals surface area contributed by atoms with Crippen molar-refractivity contribution in [2.75, 3.05) is 6.61 Å². The summed E-state index contributed by atoms with van der Waals surface area (Å²) in [4.78, 5) is 25.4. The number of aliphatic hydroxyl groups excluding tert-OH is 4. The fourth-order valence-corrected chi connectivity index (χ4v) is 4.23. The molecule has 164 valence electrons. The molecule has 4 N–H and O–H groups in total. The van der Waals surface area contributed by atoms with Crippen molar-refractivity contribution in [1.82, 2.24) is 0 Å². The minimum Gasteiger partial charge on any atom is -0.462 e. The van der Waals surface area contributed by atoms with Crippen molar-refractivity contribution in [3.05, 3.63) is 0 Å². The third kappa shape index (κ3) is 5.75. The molecular formula is C21H38O7. The number of hydrogen-bond donors (Lipinski definition) is 4. The highest BCUT2D eigenvalue weighted by atomic mass is 16.5. The summed E-state index contributed by atoms with van der Waals surface area (Å²) in [7, 11) is 0. The van der Waals surface area contributed by atoms with E-state index in [4.69, 9.17) is 4.74 Å². The van der Waals surface area contributed by atoms with E-state index in [9.17, 15) is 30.0 Å². The van der Waals surface area contributed by atoms with Crippen LogP contribution in [0.3, 0.4) is 0 Å². The van der Waals surface area contributed by atoms with Crippen LogP contribution in [0.5, 0.6) is 0 Å². The Balaban J connectivity index is 3.25. The van der Waals surface area contributed by atoms with Gasteiger partial charge < -0.3 is 25.2 Å². The van der Waals surface area contributed by atoms with Crippen molar-refractivity contribution >= 4 is 11.8 Å². The first kappa shape index (κ1) is 25.0. The van der Waals surface area contributed by atoms with Gasteiger partial charge in [-0.05, 0) is 19.3 Å². The summed E-state index contributed by atoms with van der Waals surface area (Å²) in [5.41, 5.74) is 0. The van der Waals surface area contributed by atoms with E-state index in [2.05, 4.69) is 0 Å². The molecule has 0 aromatic heterocycles. The third-order valence-electron chi connectivity index (χ3n) is 6.52. The molecule has 28 heavy (non-hydrogen) atoms. The highest BCUT2D eigenvalue weighted by Gasteiger charge is 2.40. The molecule has 0 aromatic rings. The quantitative estimate of drug-likeness (QED) is 0.511. The van der Waals surface area contributed by atoms with E-state index in [0.717, 1.165) is 0 Å². The van der Waals surface area contributed by atoms with Gasteiger partial charge in [0.25, 0.3) is 0 Å². The maximum absolute atomic E-state index is 12.8. The average Bonchev–Trinajstić information content (AvgIpc) is 2.67. The van der Waals surface area contributed by atoms with E-state index >= 15 is 0 Å². The number of carbonyl (C=O) groups is 2. The van der Waals surface area contributed by atoms with E-state index < -0.39 is 54.1 Å². The smallest absolute Gasteiger partial charge is 0.311 e. The maximum atomic E-state index is 12.8. The molecule has 0 unspecified atom stereocenters. The second-order valence-electron chi connectivity index (χ2n) is 8.77. The molecule has 0 aromatic carbocycles. The predicted octanol–water partition coefficient (Wildman–Crippen LogP) is 1.15. The molecule has 7 nitrogen and oxygen atoms in total. The molecule has 7 heteroatoms. The summed E-state index contributed by atoms with van der Waals surface area (Å²) < 4.78 is 5.51. The number of Topliss-reactive ketones (excluding diaryl/α,β-unsaturated/α-hetero) is 1. The molecule has 10 atom stereocenters. The molecule has 1 aliphatic heterocycles. The lowest BCUT2D eigenvalue weighted by molar-refractivity contribution is -0.167. The first-order valence-corrected chi connectivity index (χ1v) is 10.3. The Morgan fingerprint density at radius 3 is 1.93 bits per heavy atom. The number of aliphatic hydroxyl groups is 4. The van der Waals surface area contributed by atoms with Crippen molar-refractivity contribution < 1.29 is 34.8 Å². The van der Waals surface area contributed by atoms with Gasteiger partial charge in [0.05, 0.1) is 24.2 Å². The lowest BCUT2D eigenvalue weighted by Gasteiger charge is -2.36. The standard InChI is InChI=1S/C21H38O7/c1-10-9-11(2)18(24)14(5)20(26)15(6)21(27)28-16(7-8-22)12(3)19(25)13(4)17(10)23/h10-16,18-20,22,24-26H,7-9H2,1-6H3/t10-,11+,12+,13+,14-,15-,16-,18+,19+,20+/m1/s1. The van der Waals surface area contributed by atoms with Gasteiger partial charge in [-0.3, -0.25) is 9.59 Å². The Morgan fingerprint density at radius 2 is 1.39 bits per heavy atom. The van der Waals surface area contributed by atoms with Gasteiger partial charge in [-0.1, -0.05) is 34.6 Å². The van der Waals surface area contributed by atoms with E-state index in [0.29, 0.717) is 6.42 Å². The zero-order valence-electron chi connectivity index (χ0n) is 17.9. The van der Waals surface area contributed by atoms with Crippen molar-refractivity contribution in [2.45, 2.75) is 78.8 Å². The minimum atomic E-state index is -1.12. The molecule has 0 amide bonds. The van der Waals surface area contributed by atoms with Gasteiger partial charge in [-0.15, -0.1) is 0 Å². The zero-order chi connectivity index (χ0) is 21.8. The van der Waals surface area contributed by atoms with Gasteiger partial charge in [-0.2, -0.15) is 0 Å². The van der Waals surface area contributed by atoms with Crippen LogP contribution in [-0.2, 0) is 14.3 Å². The van der Waals surface area contributed by atoms with Crippen molar-refractivity contribution in [3.8, 4) is 0 Å². The third-order valence-corrected chi connectivity index (χ3v) is 6.52. The Morgan fingerprint density at radius 1 is 0.857 bits per heavy atom. The highest BCUT2D eigenvalue weighted by molar-refractivity contribution is 5.83. The maximum Gasteiger partial charge on any atom is 0.311 e. The summed E-state index contributed by atoms with van der Waals surface area (Å²) in [5.74, 6) is -4.09. The van der Waals surface area contributed by atoms with Crippen LogP contribution in [0.15, 0.2) is 0 Å². The Hall–Kier alpha value is -1.02. The average molecular weight is 403 g/mol. The van der Waals surface area contributed by atoms with Gasteiger partial charge in [-0.25, -0.2) is 0 Å². The highest BCUT2D eigenvalue weighted by Crippen LogP contribution is 2.31. The molecule has 1 aliphatic rings. The molecule has 0 aliphatic carbocycles. The van der Waals surface area contributed by atoms with Gasteiger partial charge in [0, 0.05) is 36.7 Å². The van der Waals surface area contributed by atoms with E-state index in [1.54, 1.807) is 34.6 Å². The van der Waals surface area contributed by atoms with E-state index in [1.807, 2.05) is 6.92 Å². The molecule has 1 heterocycles. The number of carbonyl (C=O) groups excluding carboxylic acids is 2. The van der Waals surface area contributed by atoms with Crippen LogP contribution in [-0.4, -0.2) is 63.2 Å². The molecule has 1 fully saturated rings. The van der Waals surface area contributed by atoms with Crippen LogP contribution in [0.25, 0.3) is 0 Å². The fourth-order valence-electron chi connectivity index (χ4n) is 4.23. The Labute approximate surface area is 168 Å². The van der Waals surface area contributed by atoms with Crippen LogP contribution < -0.4 is 0 Å². The summed E-state index contributed by atoms with van der Waals surface area (Å²) in [6.45, 7) is 9.91. The van der Waals surface area contributed by atoms with Crippen LogP contribution in [0.4, 0.5) is 0 Å². The topological polar surface area (TPSA) is 124 Å². The number of rotatable bonds is 2. The number of ketones is 1. The first-order valence-electron chi connectivity index (χ1n) is 10.3. The summed E-state index contributed by atoms with van der Waals surface area (Å²) in [6.07, 6.45) is -3.29. The zero-order valence-corrected chi connectivity index (χ0v) is 17.9. The largest absolute Gasteiger partial charge is 0.462 e. The van der Waals surface area contributed by atoms with Crippen LogP contribution in [0.2, 0.25) is 0 Å². The van der Waals surface area contributed by atoms with Gasteiger partial charge >= 0.3 is 5.97 Å². The molecule has 0 radical (unpaired) electrons. The van der Waals surface area contributed by atoms with Crippen LogP contribution in [0, 0.1) is 35.5 Å². The Bertz CT molecular complexity index is 523. The van der Waals surface area contributed by atoms with Crippen molar-refractivity contribution in [1.29, 1.82) is 0 Å². The normalized spacial score (nSPS) is 44.6. The number of ether oxygens (including phenoxy) is 1. The summed E-state index contributed by atoms with van der Waals surface area (Å²) in [5, 5.41) is 41.3. The number of cyclic esters (lactones) is 1. The lowest BCUT2D eigenvalue weighted by Crippen LogP contribution is -2.45. The molecule has 1 rings (SSSR count). The van der Waals surface area contributed by atoms with Crippen LogP contribution >= 0.6 is 0 Å². The second kappa shape index (κ2) is 10.7. The molecule has 0 bridgehead atoms. The first-order chi connectivity index (χ1) is 12.9. The van der Waals surface area contributed by atoms with Gasteiger partial charge in [0.15, 0.2) is 0 Å². The number of esters is 1. The van der Waals surface area contributed by atoms with Crippen LogP contribution in [0.1, 0.15) is 54.4 Å². The molecule has 0 saturated carbocycles. The monoisotopic (exact) mass is 402 g/mol. The predicted molar refractivity (Wildman–Crippen MR) is 104 cm³/mol. The van der Waals surface area contributed by atoms with Crippen molar-refractivity contribution in [2.24, 2.45) is 35.5 Å². The van der Waals surface area contributed by atoms with E-state index in [-0.39, 0.29) is 30.6 Å². The molecule has 0 spiro atoms. The summed E-state index contributed by atoms with van der Waals surface area (Å²) in [6, 6.07) is 0. The molecule has 1 saturated heterocycles. The number of hydrogen-bond acceptors (Lipinski definition) is 7. The van der Waals surface area contributed by atoms with Gasteiger partial charge in [0.2, 0.25) is 0 Å². The van der Waals surface area contributed by atoms with Crippen molar-refractivity contribution in [3.63, 3.8) is 0 Å². The molecular weight excluding hydrogens is 364 g/mol. The fraction of sp³-hybridized carbons (Fsp3) is 0.905. The Kier molecular flexibility index (Phi) is 9.53. The minimum absolute atomic E-state index is 0.119. The lowest BCUT2D eigenvalue weighted by atomic mass is 9.77. The van der Waals surface area contributed by atoms with Gasteiger partial charge in [0.1, 0.15) is 11.9 Å².